The van der Waals surface area contributed by atoms with Gasteiger partial charge in [-0.2, -0.15) is 10.1 Å². The van der Waals surface area contributed by atoms with Gasteiger partial charge in [-0.1, -0.05) is 23.2 Å². The second kappa shape index (κ2) is 4.39. The Bertz CT molecular complexity index is 738. The zero-order chi connectivity index (χ0) is 12.7. The molecule has 7 heteroatoms. The van der Waals surface area contributed by atoms with E-state index in [1.165, 1.54) is 0 Å². The summed E-state index contributed by atoms with van der Waals surface area (Å²) in [6, 6.07) is 5.15. The summed E-state index contributed by atoms with van der Waals surface area (Å²) in [6.07, 6.45) is 1.62. The summed E-state index contributed by atoms with van der Waals surface area (Å²) in [5.74, 6) is 0. The number of aromatic nitrogens is 4. The van der Waals surface area contributed by atoms with E-state index in [-0.39, 0.29) is 5.28 Å². The van der Waals surface area contributed by atoms with Crippen molar-refractivity contribution < 1.29 is 0 Å². The molecule has 0 spiro atoms. The van der Waals surface area contributed by atoms with Crippen molar-refractivity contribution in [2.75, 3.05) is 0 Å². The minimum atomic E-state index is 0.123. The summed E-state index contributed by atoms with van der Waals surface area (Å²) in [4.78, 5) is 8.23. The molecule has 0 bridgehead atoms. The first-order valence-electron chi connectivity index (χ1n) is 4.97. The number of H-pyrrole nitrogens is 1. The van der Waals surface area contributed by atoms with Gasteiger partial charge in [-0.15, -0.1) is 0 Å². The number of nitrogens with one attached hydrogen (secondary N) is 1. The molecule has 0 aliphatic rings. The first-order chi connectivity index (χ1) is 8.65. The van der Waals surface area contributed by atoms with Crippen molar-refractivity contribution in [2.24, 2.45) is 0 Å². The fourth-order valence-electron chi connectivity index (χ4n) is 1.69. The van der Waals surface area contributed by atoms with E-state index in [9.17, 15) is 0 Å². The van der Waals surface area contributed by atoms with Crippen molar-refractivity contribution in [3.05, 3.63) is 39.7 Å². The van der Waals surface area contributed by atoms with E-state index in [0.717, 1.165) is 5.39 Å². The van der Waals surface area contributed by atoms with Crippen LogP contribution in [-0.2, 0) is 0 Å². The molecular weight excluding hydrogens is 295 g/mol. The highest BCUT2D eigenvalue weighted by atomic mass is 35.5. The van der Waals surface area contributed by atoms with Crippen LogP contribution in [-0.4, -0.2) is 20.2 Å². The van der Waals surface area contributed by atoms with Crippen LogP contribution in [0.25, 0.3) is 22.3 Å². The highest BCUT2D eigenvalue weighted by Gasteiger charge is 2.13. The maximum atomic E-state index is 6.16. The van der Waals surface area contributed by atoms with E-state index < -0.39 is 0 Å². The van der Waals surface area contributed by atoms with E-state index in [1.807, 2.05) is 0 Å². The predicted molar refractivity (Wildman–Crippen MR) is 72.1 cm³/mol. The SMILES string of the molecule is Clc1ccc(Cl)c(-c2nc(Cl)nc3[nH]ncc23)c1. The Morgan fingerprint density at radius 3 is 2.72 bits per heavy atom. The van der Waals surface area contributed by atoms with Crippen molar-refractivity contribution in [3.63, 3.8) is 0 Å². The van der Waals surface area contributed by atoms with Gasteiger partial charge in [0.1, 0.15) is 0 Å². The standard InChI is InChI=1S/C11H5Cl3N4/c12-5-1-2-8(13)6(3-5)9-7-4-15-18-10(7)17-11(14)16-9/h1-4H,(H,15,16,17,18). The minimum Gasteiger partial charge on any atom is -0.261 e. The molecule has 2 heterocycles. The summed E-state index contributed by atoms with van der Waals surface area (Å²) in [5, 5.41) is 8.63. The number of benzene rings is 1. The van der Waals surface area contributed by atoms with Gasteiger partial charge in [-0.3, -0.25) is 5.10 Å². The predicted octanol–water partition coefficient (Wildman–Crippen LogP) is 3.98. The average molecular weight is 300 g/mol. The second-order valence-electron chi connectivity index (χ2n) is 3.60. The van der Waals surface area contributed by atoms with Crippen LogP contribution in [0.4, 0.5) is 0 Å². The molecular formula is C11H5Cl3N4. The summed E-state index contributed by atoms with van der Waals surface area (Å²) >= 11 is 18.0. The minimum absolute atomic E-state index is 0.123. The number of rotatable bonds is 1. The van der Waals surface area contributed by atoms with Crippen molar-refractivity contribution in [1.29, 1.82) is 0 Å². The molecule has 4 nitrogen and oxygen atoms in total. The van der Waals surface area contributed by atoms with Crippen LogP contribution in [0, 0.1) is 0 Å². The lowest BCUT2D eigenvalue weighted by molar-refractivity contribution is 1.09. The summed E-state index contributed by atoms with van der Waals surface area (Å²) < 4.78 is 0. The van der Waals surface area contributed by atoms with Gasteiger partial charge >= 0.3 is 0 Å². The first-order valence-corrected chi connectivity index (χ1v) is 6.10. The summed E-state index contributed by atoms with van der Waals surface area (Å²) in [5.41, 5.74) is 1.85. The van der Waals surface area contributed by atoms with Crippen LogP contribution in [0.3, 0.4) is 0 Å². The lowest BCUT2D eigenvalue weighted by Crippen LogP contribution is -1.90. The molecule has 1 aromatic carbocycles. The molecule has 3 aromatic rings. The zero-order valence-electron chi connectivity index (χ0n) is 8.78. The molecule has 1 N–H and O–H groups in total. The number of hydrogen-bond donors (Lipinski definition) is 1. The van der Waals surface area contributed by atoms with E-state index in [0.29, 0.717) is 26.9 Å². The van der Waals surface area contributed by atoms with Crippen LogP contribution >= 0.6 is 34.8 Å². The Hall–Kier alpha value is -1.36. The number of aromatic amines is 1. The van der Waals surface area contributed by atoms with Gasteiger partial charge in [0.2, 0.25) is 5.28 Å². The molecule has 0 amide bonds. The van der Waals surface area contributed by atoms with E-state index in [2.05, 4.69) is 20.2 Å². The lowest BCUT2D eigenvalue weighted by Gasteiger charge is -2.05. The van der Waals surface area contributed by atoms with Crippen molar-refractivity contribution >= 4 is 45.8 Å². The Balaban J connectivity index is 2.37. The highest BCUT2D eigenvalue weighted by molar-refractivity contribution is 6.35. The van der Waals surface area contributed by atoms with Crippen LogP contribution in [0.5, 0.6) is 0 Å². The van der Waals surface area contributed by atoms with Gasteiger partial charge in [-0.25, -0.2) is 4.98 Å². The molecule has 18 heavy (non-hydrogen) atoms. The molecule has 90 valence electrons. The Morgan fingerprint density at radius 1 is 1.06 bits per heavy atom. The Morgan fingerprint density at radius 2 is 1.89 bits per heavy atom. The topological polar surface area (TPSA) is 54.5 Å². The van der Waals surface area contributed by atoms with Crippen LogP contribution in [0.15, 0.2) is 24.4 Å². The molecule has 0 radical (unpaired) electrons. The van der Waals surface area contributed by atoms with Gasteiger partial charge in [-0.05, 0) is 29.8 Å². The number of halogens is 3. The molecule has 0 aliphatic heterocycles. The Kier molecular flexibility index (Phi) is 2.86. The first kappa shape index (κ1) is 11.7. The summed E-state index contributed by atoms with van der Waals surface area (Å²) in [6.45, 7) is 0. The third-order valence-corrected chi connectivity index (χ3v) is 3.20. The van der Waals surface area contributed by atoms with E-state index >= 15 is 0 Å². The van der Waals surface area contributed by atoms with Crippen molar-refractivity contribution in [3.8, 4) is 11.3 Å². The average Bonchev–Trinajstić information content (AvgIpc) is 2.79. The maximum absolute atomic E-state index is 6.16. The van der Waals surface area contributed by atoms with Gasteiger partial charge < -0.3 is 0 Å². The number of hydrogen-bond acceptors (Lipinski definition) is 3. The molecule has 0 fully saturated rings. The van der Waals surface area contributed by atoms with Gasteiger partial charge in [0.15, 0.2) is 5.65 Å². The molecule has 0 aliphatic carbocycles. The third kappa shape index (κ3) is 1.92. The van der Waals surface area contributed by atoms with E-state index in [1.54, 1.807) is 24.4 Å². The zero-order valence-corrected chi connectivity index (χ0v) is 11.1. The molecule has 2 aromatic heterocycles. The molecule has 0 saturated carbocycles. The maximum Gasteiger partial charge on any atom is 0.224 e. The lowest BCUT2D eigenvalue weighted by atomic mass is 10.1. The van der Waals surface area contributed by atoms with Crippen LogP contribution < -0.4 is 0 Å². The molecule has 0 atom stereocenters. The normalized spacial score (nSPS) is 11.1. The summed E-state index contributed by atoms with van der Waals surface area (Å²) in [7, 11) is 0. The van der Waals surface area contributed by atoms with Crippen molar-refractivity contribution in [2.45, 2.75) is 0 Å². The van der Waals surface area contributed by atoms with Gasteiger partial charge in [0, 0.05) is 10.6 Å². The van der Waals surface area contributed by atoms with E-state index in [4.69, 9.17) is 34.8 Å². The fourth-order valence-corrected chi connectivity index (χ4v) is 2.24. The Labute approximate surface area is 117 Å². The largest absolute Gasteiger partial charge is 0.261 e. The van der Waals surface area contributed by atoms with Crippen molar-refractivity contribution in [1.82, 2.24) is 20.2 Å². The smallest absolute Gasteiger partial charge is 0.224 e. The van der Waals surface area contributed by atoms with Crippen LogP contribution in [0.1, 0.15) is 0 Å². The second-order valence-corrected chi connectivity index (χ2v) is 4.78. The highest BCUT2D eigenvalue weighted by Crippen LogP contribution is 2.33. The third-order valence-electron chi connectivity index (χ3n) is 2.47. The number of nitrogens with zero attached hydrogens (tertiary/aromatic N) is 3. The van der Waals surface area contributed by atoms with Crippen LogP contribution in [0.2, 0.25) is 15.3 Å². The molecule has 3 rings (SSSR count). The fraction of sp³-hybridized carbons (Fsp3) is 0. The van der Waals surface area contributed by atoms with Gasteiger partial charge in [0.05, 0.1) is 22.3 Å². The molecule has 0 unspecified atom stereocenters. The monoisotopic (exact) mass is 298 g/mol. The number of fused-ring (bicyclic) bond motifs is 1. The van der Waals surface area contributed by atoms with Gasteiger partial charge in [0.25, 0.3) is 0 Å². The quantitative estimate of drug-likeness (QED) is 0.691. The molecule has 0 saturated heterocycles.